The van der Waals surface area contributed by atoms with E-state index in [9.17, 15) is 13.9 Å². The van der Waals surface area contributed by atoms with Crippen LogP contribution in [-0.4, -0.2) is 5.11 Å². The average molecular weight is 425 g/mol. The molecule has 2 aromatic rings. The largest absolute Gasteiger partial charge is 0.384 e. The van der Waals surface area contributed by atoms with Gasteiger partial charge in [-0.1, -0.05) is 12.1 Å². The van der Waals surface area contributed by atoms with E-state index in [0.29, 0.717) is 14.7 Å². The van der Waals surface area contributed by atoms with E-state index in [-0.39, 0.29) is 16.1 Å². The lowest BCUT2D eigenvalue weighted by Crippen LogP contribution is -2.02. The predicted molar refractivity (Wildman–Crippen MR) is 77.3 cm³/mol. The molecule has 5 heteroatoms. The lowest BCUT2D eigenvalue weighted by molar-refractivity contribution is 0.219. The van der Waals surface area contributed by atoms with Gasteiger partial charge in [-0.2, -0.15) is 0 Å². The highest BCUT2D eigenvalue weighted by molar-refractivity contribution is 14.1. The Balaban J connectivity index is 2.41. The lowest BCUT2D eigenvalue weighted by Gasteiger charge is -2.14. The minimum Gasteiger partial charge on any atom is -0.384 e. The molecule has 0 bridgehead atoms. The minimum absolute atomic E-state index is 0.288. The van der Waals surface area contributed by atoms with Gasteiger partial charge in [0.1, 0.15) is 17.7 Å². The van der Waals surface area contributed by atoms with Gasteiger partial charge in [-0.25, -0.2) is 8.78 Å². The summed E-state index contributed by atoms with van der Waals surface area (Å²) in [5.74, 6) is -0.740. The van der Waals surface area contributed by atoms with E-state index in [1.165, 1.54) is 36.4 Å². The second-order valence-corrected chi connectivity index (χ2v) is 5.76. The Kier molecular flexibility index (Phi) is 4.34. The summed E-state index contributed by atoms with van der Waals surface area (Å²) in [4.78, 5) is 0. The van der Waals surface area contributed by atoms with E-state index in [0.717, 1.165) is 0 Å². The molecule has 0 radical (unpaired) electrons. The van der Waals surface area contributed by atoms with Crippen LogP contribution in [0.2, 0.25) is 0 Å². The monoisotopic (exact) mass is 424 g/mol. The highest BCUT2D eigenvalue weighted by atomic mass is 127. The van der Waals surface area contributed by atoms with Crippen LogP contribution in [0.1, 0.15) is 17.2 Å². The Morgan fingerprint density at radius 3 is 2.44 bits per heavy atom. The van der Waals surface area contributed by atoms with Crippen LogP contribution >= 0.6 is 38.5 Å². The first-order valence-corrected chi connectivity index (χ1v) is 6.94. The first-order valence-electron chi connectivity index (χ1n) is 5.07. The molecule has 0 aliphatic rings. The van der Waals surface area contributed by atoms with Crippen molar-refractivity contribution in [3.63, 3.8) is 0 Å². The van der Waals surface area contributed by atoms with Crippen molar-refractivity contribution < 1.29 is 13.9 Å². The number of hydrogen-bond donors (Lipinski definition) is 1. The van der Waals surface area contributed by atoms with Crippen LogP contribution in [0.15, 0.2) is 40.9 Å². The van der Waals surface area contributed by atoms with E-state index < -0.39 is 6.10 Å². The molecule has 18 heavy (non-hydrogen) atoms. The molecule has 0 heterocycles. The maximum Gasteiger partial charge on any atom is 0.137 e. The molecule has 0 aliphatic carbocycles. The van der Waals surface area contributed by atoms with E-state index >= 15 is 0 Å². The second kappa shape index (κ2) is 5.63. The van der Waals surface area contributed by atoms with Crippen LogP contribution in [0, 0.1) is 15.2 Å². The summed E-state index contributed by atoms with van der Waals surface area (Å²) in [5, 5.41) is 10.2. The molecule has 1 atom stereocenters. The molecule has 1 nitrogen and oxygen atoms in total. The lowest BCUT2D eigenvalue weighted by atomic mass is 10.0. The van der Waals surface area contributed by atoms with Crippen molar-refractivity contribution in [2.45, 2.75) is 6.10 Å². The molecular formula is C13H8BrF2IO. The number of halogens is 4. The zero-order chi connectivity index (χ0) is 13.3. The molecule has 0 saturated carbocycles. The molecule has 0 saturated heterocycles. The fourth-order valence-corrected chi connectivity index (χ4v) is 2.75. The Bertz CT molecular complexity index is 589. The fraction of sp³-hybridized carbons (Fsp3) is 0.0769. The summed E-state index contributed by atoms with van der Waals surface area (Å²) in [6.45, 7) is 0. The van der Waals surface area contributed by atoms with Gasteiger partial charge in [0, 0.05) is 3.57 Å². The van der Waals surface area contributed by atoms with Crippen molar-refractivity contribution in [3.8, 4) is 0 Å². The van der Waals surface area contributed by atoms with Crippen LogP contribution in [0.25, 0.3) is 0 Å². The van der Waals surface area contributed by atoms with Crippen LogP contribution < -0.4 is 0 Å². The molecule has 94 valence electrons. The van der Waals surface area contributed by atoms with Gasteiger partial charge in [-0.15, -0.1) is 0 Å². The summed E-state index contributed by atoms with van der Waals surface area (Å²) >= 11 is 5.03. The standard InChI is InChI=1S/C13H8BrF2IO/c14-10-5-7(1-4-11(10)16)13(18)9-3-2-8(15)6-12(9)17/h1-6,13,18H. The highest BCUT2D eigenvalue weighted by Gasteiger charge is 2.15. The summed E-state index contributed by atoms with van der Waals surface area (Å²) in [5.41, 5.74) is 1.14. The maximum atomic E-state index is 13.1. The normalized spacial score (nSPS) is 12.5. The summed E-state index contributed by atoms with van der Waals surface area (Å²) in [7, 11) is 0. The van der Waals surface area contributed by atoms with Crippen LogP contribution in [0.3, 0.4) is 0 Å². The van der Waals surface area contributed by atoms with Crippen molar-refractivity contribution in [2.75, 3.05) is 0 Å². The molecular weight excluding hydrogens is 417 g/mol. The number of aliphatic hydroxyl groups is 1. The van der Waals surface area contributed by atoms with Gasteiger partial charge < -0.3 is 5.11 Å². The quantitative estimate of drug-likeness (QED) is 0.708. The first-order chi connectivity index (χ1) is 8.49. The van der Waals surface area contributed by atoms with Gasteiger partial charge in [0.2, 0.25) is 0 Å². The third-order valence-electron chi connectivity index (χ3n) is 2.52. The number of rotatable bonds is 2. The smallest absolute Gasteiger partial charge is 0.137 e. The second-order valence-electron chi connectivity index (χ2n) is 3.74. The van der Waals surface area contributed by atoms with Crippen LogP contribution in [0.4, 0.5) is 8.78 Å². The van der Waals surface area contributed by atoms with E-state index in [4.69, 9.17) is 0 Å². The summed E-state index contributed by atoms with van der Waals surface area (Å²) < 4.78 is 27.0. The number of aliphatic hydroxyl groups excluding tert-OH is 1. The van der Waals surface area contributed by atoms with E-state index in [1.807, 2.05) is 22.6 Å². The zero-order valence-corrected chi connectivity index (χ0v) is 12.7. The summed E-state index contributed by atoms with van der Waals surface area (Å²) in [6, 6.07) is 8.46. The zero-order valence-electron chi connectivity index (χ0n) is 9.00. The molecule has 1 N–H and O–H groups in total. The highest BCUT2D eigenvalue weighted by Crippen LogP contribution is 2.29. The topological polar surface area (TPSA) is 20.2 Å². The molecule has 0 fully saturated rings. The van der Waals surface area contributed by atoms with Gasteiger partial charge >= 0.3 is 0 Å². The SMILES string of the molecule is OC(c1ccc(F)c(Br)c1)c1ccc(F)cc1I. The van der Waals surface area contributed by atoms with Gasteiger partial charge in [0.25, 0.3) is 0 Å². The van der Waals surface area contributed by atoms with Gasteiger partial charge in [-0.05, 0) is 73.9 Å². The van der Waals surface area contributed by atoms with Crippen LogP contribution in [0.5, 0.6) is 0 Å². The molecule has 0 amide bonds. The first kappa shape index (κ1) is 13.9. The predicted octanol–water partition coefficient (Wildman–Crippen LogP) is 4.41. The van der Waals surface area contributed by atoms with E-state index in [1.54, 1.807) is 0 Å². The molecule has 0 aliphatic heterocycles. The number of benzene rings is 2. The molecule has 2 rings (SSSR count). The van der Waals surface area contributed by atoms with Crippen molar-refractivity contribution in [3.05, 3.63) is 67.2 Å². The minimum atomic E-state index is -0.908. The van der Waals surface area contributed by atoms with Crippen molar-refractivity contribution in [1.29, 1.82) is 0 Å². The summed E-state index contributed by atoms with van der Waals surface area (Å²) in [6.07, 6.45) is -0.908. The third kappa shape index (κ3) is 2.89. The van der Waals surface area contributed by atoms with Crippen molar-refractivity contribution in [2.24, 2.45) is 0 Å². The van der Waals surface area contributed by atoms with Crippen molar-refractivity contribution in [1.82, 2.24) is 0 Å². The maximum absolute atomic E-state index is 13.1. The van der Waals surface area contributed by atoms with Gasteiger partial charge in [0.15, 0.2) is 0 Å². The fourth-order valence-electron chi connectivity index (χ4n) is 1.59. The molecule has 0 spiro atoms. The van der Waals surface area contributed by atoms with Crippen LogP contribution in [-0.2, 0) is 0 Å². The Morgan fingerprint density at radius 1 is 1.11 bits per heavy atom. The Hall–Kier alpha value is -0.530. The number of hydrogen-bond acceptors (Lipinski definition) is 1. The molecule has 2 aromatic carbocycles. The third-order valence-corrected chi connectivity index (χ3v) is 4.06. The molecule has 0 aromatic heterocycles. The van der Waals surface area contributed by atoms with Crippen molar-refractivity contribution >= 4 is 38.5 Å². The Morgan fingerprint density at radius 2 is 1.83 bits per heavy atom. The Labute approximate surface area is 125 Å². The van der Waals surface area contributed by atoms with Gasteiger partial charge in [0.05, 0.1) is 4.47 Å². The van der Waals surface area contributed by atoms with Gasteiger partial charge in [-0.3, -0.25) is 0 Å². The average Bonchev–Trinajstić information content (AvgIpc) is 2.32. The molecule has 1 unspecified atom stereocenters. The van der Waals surface area contributed by atoms with E-state index in [2.05, 4.69) is 15.9 Å².